The first-order chi connectivity index (χ1) is 7.06. The van der Waals surface area contributed by atoms with Crippen LogP contribution in [0, 0.1) is 6.92 Å². The molecule has 0 aliphatic heterocycles. The molecule has 0 saturated carbocycles. The predicted octanol–water partition coefficient (Wildman–Crippen LogP) is 0.826. The Kier molecular flexibility index (Phi) is 3.85. The van der Waals surface area contributed by atoms with E-state index in [0.717, 1.165) is 0 Å². The van der Waals surface area contributed by atoms with Crippen LogP contribution in [0.25, 0.3) is 0 Å². The second kappa shape index (κ2) is 4.93. The summed E-state index contributed by atoms with van der Waals surface area (Å²) in [6.07, 6.45) is 0. The zero-order chi connectivity index (χ0) is 11.4. The topological polar surface area (TPSA) is 66.6 Å². The zero-order valence-corrected chi connectivity index (χ0v) is 9.23. The Morgan fingerprint density at radius 3 is 2.73 bits per heavy atom. The minimum atomic E-state index is -0.212. The van der Waals surface area contributed by atoms with Gasteiger partial charge in [0.2, 0.25) is 0 Å². The molecule has 15 heavy (non-hydrogen) atoms. The van der Waals surface area contributed by atoms with Crippen molar-refractivity contribution in [2.45, 2.75) is 26.8 Å². The van der Waals surface area contributed by atoms with Crippen molar-refractivity contribution < 1.29 is 14.4 Å². The van der Waals surface area contributed by atoms with Crippen molar-refractivity contribution in [3.63, 3.8) is 0 Å². The number of carbonyl (C=O) groups is 1. The van der Waals surface area contributed by atoms with Crippen LogP contribution in [0.3, 0.4) is 0 Å². The quantitative estimate of drug-likeness (QED) is 0.802. The SMILES string of the molecule is Cc1cc(C(=O)N(CCO)C(C)C)no1. The summed E-state index contributed by atoms with van der Waals surface area (Å²) in [5.74, 6) is 0.391. The van der Waals surface area contributed by atoms with Crippen LogP contribution >= 0.6 is 0 Å². The number of nitrogens with zero attached hydrogens (tertiary/aromatic N) is 2. The molecule has 84 valence electrons. The van der Waals surface area contributed by atoms with Crippen LogP contribution in [0.15, 0.2) is 10.6 Å². The van der Waals surface area contributed by atoms with E-state index in [4.69, 9.17) is 9.63 Å². The summed E-state index contributed by atoms with van der Waals surface area (Å²) >= 11 is 0. The highest BCUT2D eigenvalue weighted by Crippen LogP contribution is 2.08. The van der Waals surface area contributed by atoms with Crippen LogP contribution in [0.5, 0.6) is 0 Å². The van der Waals surface area contributed by atoms with Crippen molar-refractivity contribution in [1.82, 2.24) is 10.1 Å². The Balaban J connectivity index is 2.80. The molecule has 0 fully saturated rings. The largest absolute Gasteiger partial charge is 0.395 e. The van der Waals surface area contributed by atoms with E-state index in [1.165, 1.54) is 0 Å². The van der Waals surface area contributed by atoms with Crippen LogP contribution in [0.1, 0.15) is 30.1 Å². The maximum atomic E-state index is 11.9. The van der Waals surface area contributed by atoms with E-state index in [1.807, 2.05) is 13.8 Å². The molecule has 0 radical (unpaired) electrons. The highest BCUT2D eigenvalue weighted by Gasteiger charge is 2.20. The second-order valence-electron chi connectivity index (χ2n) is 3.64. The van der Waals surface area contributed by atoms with E-state index in [2.05, 4.69) is 5.16 Å². The zero-order valence-electron chi connectivity index (χ0n) is 9.23. The van der Waals surface area contributed by atoms with Gasteiger partial charge in [0, 0.05) is 18.7 Å². The van der Waals surface area contributed by atoms with E-state index in [-0.39, 0.29) is 24.2 Å². The number of aryl methyl sites for hydroxylation is 1. The first kappa shape index (κ1) is 11.7. The highest BCUT2D eigenvalue weighted by molar-refractivity contribution is 5.92. The molecule has 0 atom stereocenters. The van der Waals surface area contributed by atoms with Gasteiger partial charge in [-0.3, -0.25) is 4.79 Å². The van der Waals surface area contributed by atoms with Crippen LogP contribution < -0.4 is 0 Å². The first-order valence-electron chi connectivity index (χ1n) is 4.91. The van der Waals surface area contributed by atoms with E-state index in [9.17, 15) is 4.79 Å². The molecular weight excluding hydrogens is 196 g/mol. The number of hydrogen-bond donors (Lipinski definition) is 1. The number of amides is 1. The Hall–Kier alpha value is -1.36. The van der Waals surface area contributed by atoms with Crippen LogP contribution in [-0.4, -0.2) is 40.3 Å². The van der Waals surface area contributed by atoms with Gasteiger partial charge >= 0.3 is 0 Å². The molecule has 5 heteroatoms. The lowest BCUT2D eigenvalue weighted by Crippen LogP contribution is -2.39. The van der Waals surface area contributed by atoms with Gasteiger partial charge in [0.25, 0.3) is 5.91 Å². The predicted molar refractivity (Wildman–Crippen MR) is 54.5 cm³/mol. The fraction of sp³-hybridized carbons (Fsp3) is 0.600. The smallest absolute Gasteiger partial charge is 0.276 e. The molecule has 0 aromatic carbocycles. The number of hydrogen-bond acceptors (Lipinski definition) is 4. The van der Waals surface area contributed by atoms with Gasteiger partial charge < -0.3 is 14.5 Å². The van der Waals surface area contributed by atoms with E-state index >= 15 is 0 Å². The average Bonchev–Trinajstić information content (AvgIpc) is 2.59. The summed E-state index contributed by atoms with van der Waals surface area (Å²) < 4.78 is 4.83. The average molecular weight is 212 g/mol. The van der Waals surface area contributed by atoms with Crippen molar-refractivity contribution in [3.05, 3.63) is 17.5 Å². The second-order valence-corrected chi connectivity index (χ2v) is 3.64. The Morgan fingerprint density at radius 1 is 1.67 bits per heavy atom. The van der Waals surface area contributed by atoms with Crippen molar-refractivity contribution in [1.29, 1.82) is 0 Å². The molecule has 1 amide bonds. The van der Waals surface area contributed by atoms with E-state index in [0.29, 0.717) is 12.3 Å². The van der Waals surface area contributed by atoms with Crippen molar-refractivity contribution in [2.75, 3.05) is 13.2 Å². The fourth-order valence-corrected chi connectivity index (χ4v) is 1.32. The summed E-state index contributed by atoms with van der Waals surface area (Å²) in [4.78, 5) is 13.4. The minimum absolute atomic E-state index is 0.0293. The van der Waals surface area contributed by atoms with Crippen LogP contribution in [0.2, 0.25) is 0 Å². The van der Waals surface area contributed by atoms with Gasteiger partial charge in [-0.25, -0.2) is 0 Å². The molecule has 0 saturated heterocycles. The number of aromatic nitrogens is 1. The number of rotatable bonds is 4. The maximum absolute atomic E-state index is 11.9. The third kappa shape index (κ3) is 2.79. The molecule has 1 aromatic heterocycles. The van der Waals surface area contributed by atoms with Gasteiger partial charge in [-0.05, 0) is 20.8 Å². The molecule has 1 N–H and O–H groups in total. The highest BCUT2D eigenvalue weighted by atomic mass is 16.5. The molecule has 0 unspecified atom stereocenters. The van der Waals surface area contributed by atoms with Gasteiger partial charge in [0.1, 0.15) is 5.76 Å². The number of carbonyl (C=O) groups excluding carboxylic acids is 1. The molecular formula is C10H16N2O3. The molecule has 0 bridgehead atoms. The molecule has 5 nitrogen and oxygen atoms in total. The third-order valence-electron chi connectivity index (χ3n) is 2.07. The Bertz CT molecular complexity index is 333. The van der Waals surface area contributed by atoms with Crippen molar-refractivity contribution in [2.24, 2.45) is 0 Å². The number of aliphatic hydroxyl groups excluding tert-OH is 1. The lowest BCUT2D eigenvalue weighted by atomic mass is 10.2. The minimum Gasteiger partial charge on any atom is -0.395 e. The molecule has 1 heterocycles. The van der Waals surface area contributed by atoms with Crippen LogP contribution in [0.4, 0.5) is 0 Å². The molecule has 0 spiro atoms. The van der Waals surface area contributed by atoms with Gasteiger partial charge in [-0.1, -0.05) is 5.16 Å². The third-order valence-corrected chi connectivity index (χ3v) is 2.07. The summed E-state index contributed by atoms with van der Waals surface area (Å²) in [7, 11) is 0. The monoisotopic (exact) mass is 212 g/mol. The first-order valence-corrected chi connectivity index (χ1v) is 4.91. The summed E-state index contributed by atoms with van der Waals surface area (Å²) in [6, 6.07) is 1.62. The maximum Gasteiger partial charge on any atom is 0.276 e. The van der Waals surface area contributed by atoms with Crippen molar-refractivity contribution >= 4 is 5.91 Å². The van der Waals surface area contributed by atoms with Crippen LogP contribution in [-0.2, 0) is 0 Å². The Labute approximate surface area is 88.7 Å². The lowest BCUT2D eigenvalue weighted by Gasteiger charge is -2.24. The summed E-state index contributed by atoms with van der Waals surface area (Å²) in [6.45, 7) is 5.76. The molecule has 1 aromatic rings. The number of aliphatic hydroxyl groups is 1. The van der Waals surface area contributed by atoms with Crippen molar-refractivity contribution in [3.8, 4) is 0 Å². The normalized spacial score (nSPS) is 10.7. The fourth-order valence-electron chi connectivity index (χ4n) is 1.32. The molecule has 0 aliphatic carbocycles. The molecule has 1 rings (SSSR count). The van der Waals surface area contributed by atoms with Gasteiger partial charge in [-0.2, -0.15) is 0 Å². The standard InChI is InChI=1S/C10H16N2O3/c1-7(2)12(4-5-13)10(14)9-6-8(3)15-11-9/h6-7,13H,4-5H2,1-3H3. The summed E-state index contributed by atoms with van der Waals surface area (Å²) in [5, 5.41) is 12.5. The van der Waals surface area contributed by atoms with Gasteiger partial charge in [0.05, 0.1) is 6.61 Å². The lowest BCUT2D eigenvalue weighted by molar-refractivity contribution is 0.0655. The molecule has 0 aliphatic rings. The summed E-state index contributed by atoms with van der Waals surface area (Å²) in [5.41, 5.74) is 0.287. The van der Waals surface area contributed by atoms with Gasteiger partial charge in [0.15, 0.2) is 5.69 Å². The van der Waals surface area contributed by atoms with E-state index < -0.39 is 0 Å². The van der Waals surface area contributed by atoms with E-state index in [1.54, 1.807) is 17.9 Å². The Morgan fingerprint density at radius 2 is 2.33 bits per heavy atom. The van der Waals surface area contributed by atoms with Gasteiger partial charge in [-0.15, -0.1) is 0 Å².